The Hall–Kier alpha value is -1.32. The summed E-state index contributed by atoms with van der Waals surface area (Å²) in [6.07, 6.45) is 5.12. The molecular formula is C15H18ClN3. The van der Waals surface area contributed by atoms with Gasteiger partial charge in [0, 0.05) is 29.4 Å². The topological polar surface area (TPSA) is 29.9 Å². The Bertz CT molecular complexity index is 558. The van der Waals surface area contributed by atoms with Crippen LogP contribution in [0.3, 0.4) is 0 Å². The van der Waals surface area contributed by atoms with E-state index in [1.165, 1.54) is 17.7 Å². The van der Waals surface area contributed by atoms with Crippen LogP contribution in [0.1, 0.15) is 36.6 Å². The first kappa shape index (κ1) is 12.7. The lowest BCUT2D eigenvalue weighted by molar-refractivity contribution is 0.574. The number of hydrogen-bond acceptors (Lipinski definition) is 2. The van der Waals surface area contributed by atoms with E-state index in [1.54, 1.807) is 0 Å². The van der Waals surface area contributed by atoms with Crippen molar-refractivity contribution >= 4 is 11.6 Å². The van der Waals surface area contributed by atoms with Gasteiger partial charge in [0.1, 0.15) is 0 Å². The fourth-order valence-corrected chi connectivity index (χ4v) is 2.99. The van der Waals surface area contributed by atoms with E-state index in [4.69, 9.17) is 11.6 Å². The molecule has 100 valence electrons. The summed E-state index contributed by atoms with van der Waals surface area (Å²) in [5, 5.41) is 4.20. The smallest absolute Gasteiger partial charge is 0.0953 e. The summed E-state index contributed by atoms with van der Waals surface area (Å²) >= 11 is 6.08. The van der Waals surface area contributed by atoms with Crippen LogP contribution in [0.4, 0.5) is 0 Å². The summed E-state index contributed by atoms with van der Waals surface area (Å²) in [4.78, 5) is 4.34. The van der Waals surface area contributed by atoms with E-state index >= 15 is 0 Å². The monoisotopic (exact) mass is 275 g/mol. The number of benzene rings is 1. The summed E-state index contributed by atoms with van der Waals surface area (Å²) in [6, 6.07) is 8.32. The molecule has 1 saturated heterocycles. The first-order valence-corrected chi connectivity index (χ1v) is 7.11. The molecule has 1 aromatic carbocycles. The van der Waals surface area contributed by atoms with Crippen molar-refractivity contribution in [1.82, 2.24) is 14.9 Å². The van der Waals surface area contributed by atoms with Crippen molar-refractivity contribution in [3.63, 3.8) is 0 Å². The Morgan fingerprint density at radius 2 is 2.37 bits per heavy atom. The van der Waals surface area contributed by atoms with E-state index in [0.717, 1.165) is 18.1 Å². The molecule has 0 bridgehead atoms. The van der Waals surface area contributed by atoms with E-state index in [0.29, 0.717) is 5.92 Å². The highest BCUT2D eigenvalue weighted by Gasteiger charge is 2.22. The van der Waals surface area contributed by atoms with Gasteiger partial charge in [-0.2, -0.15) is 0 Å². The minimum Gasteiger partial charge on any atom is -0.327 e. The first-order chi connectivity index (χ1) is 9.25. The van der Waals surface area contributed by atoms with Crippen molar-refractivity contribution in [2.45, 2.75) is 25.3 Å². The molecule has 19 heavy (non-hydrogen) atoms. The SMILES string of the molecule is CC(c1cccc(Cl)c1)n1cncc1C1CCNC1. The van der Waals surface area contributed by atoms with Crippen LogP contribution in [0, 0.1) is 0 Å². The molecule has 1 N–H and O–H groups in total. The predicted molar refractivity (Wildman–Crippen MR) is 77.7 cm³/mol. The molecular weight excluding hydrogens is 258 g/mol. The molecule has 2 aromatic rings. The summed E-state index contributed by atoms with van der Waals surface area (Å²) in [5.74, 6) is 0.573. The Labute approximate surface area is 118 Å². The van der Waals surface area contributed by atoms with E-state index in [2.05, 4.69) is 27.9 Å². The quantitative estimate of drug-likeness (QED) is 0.932. The number of halogens is 1. The molecule has 4 heteroatoms. The van der Waals surface area contributed by atoms with Crippen LogP contribution in [0.25, 0.3) is 0 Å². The molecule has 0 radical (unpaired) electrons. The van der Waals surface area contributed by atoms with Crippen LogP contribution in [0.5, 0.6) is 0 Å². The third-order valence-electron chi connectivity index (χ3n) is 3.92. The standard InChI is InChI=1S/C15H18ClN3/c1-11(12-3-2-4-14(16)7-12)19-10-18-9-15(19)13-5-6-17-8-13/h2-4,7,9-11,13,17H,5-6,8H2,1H3. The lowest BCUT2D eigenvalue weighted by Gasteiger charge is -2.20. The third kappa shape index (κ3) is 2.53. The van der Waals surface area contributed by atoms with E-state index in [9.17, 15) is 0 Å². The van der Waals surface area contributed by atoms with Crippen LogP contribution in [0.2, 0.25) is 5.02 Å². The summed E-state index contributed by atoms with van der Waals surface area (Å²) in [5.41, 5.74) is 2.54. The van der Waals surface area contributed by atoms with E-state index in [1.807, 2.05) is 30.7 Å². The predicted octanol–water partition coefficient (Wildman–Crippen LogP) is 3.22. The van der Waals surface area contributed by atoms with Crippen molar-refractivity contribution in [2.24, 2.45) is 0 Å². The Kier molecular flexibility index (Phi) is 3.58. The second-order valence-corrected chi connectivity index (χ2v) is 5.58. The molecule has 3 rings (SSSR count). The fraction of sp³-hybridized carbons (Fsp3) is 0.400. The van der Waals surface area contributed by atoms with Crippen LogP contribution in [-0.2, 0) is 0 Å². The lowest BCUT2D eigenvalue weighted by atomic mass is 10.0. The fourth-order valence-electron chi connectivity index (χ4n) is 2.79. The van der Waals surface area contributed by atoms with Crippen molar-refractivity contribution < 1.29 is 0 Å². The van der Waals surface area contributed by atoms with Gasteiger partial charge in [-0.15, -0.1) is 0 Å². The zero-order valence-electron chi connectivity index (χ0n) is 11.0. The Balaban J connectivity index is 1.91. The molecule has 0 aliphatic carbocycles. The largest absolute Gasteiger partial charge is 0.327 e. The Morgan fingerprint density at radius 1 is 1.47 bits per heavy atom. The Morgan fingerprint density at radius 3 is 3.11 bits per heavy atom. The van der Waals surface area contributed by atoms with Gasteiger partial charge in [-0.05, 0) is 37.6 Å². The number of nitrogens with zero attached hydrogens (tertiary/aromatic N) is 2. The van der Waals surface area contributed by atoms with Gasteiger partial charge in [-0.25, -0.2) is 4.98 Å². The van der Waals surface area contributed by atoms with Crippen molar-refractivity contribution in [1.29, 1.82) is 0 Å². The maximum absolute atomic E-state index is 6.08. The summed E-state index contributed by atoms with van der Waals surface area (Å²) in [7, 11) is 0. The van der Waals surface area contributed by atoms with Crippen LogP contribution in [-0.4, -0.2) is 22.6 Å². The summed E-state index contributed by atoms with van der Waals surface area (Å²) in [6.45, 7) is 4.34. The van der Waals surface area contributed by atoms with Crippen molar-refractivity contribution in [3.05, 3.63) is 53.1 Å². The zero-order chi connectivity index (χ0) is 13.2. The number of hydrogen-bond donors (Lipinski definition) is 1. The van der Waals surface area contributed by atoms with Crippen LogP contribution in [0.15, 0.2) is 36.8 Å². The maximum Gasteiger partial charge on any atom is 0.0953 e. The highest BCUT2D eigenvalue weighted by atomic mass is 35.5. The molecule has 2 atom stereocenters. The average molecular weight is 276 g/mol. The molecule has 2 heterocycles. The van der Waals surface area contributed by atoms with E-state index in [-0.39, 0.29) is 6.04 Å². The highest BCUT2D eigenvalue weighted by Crippen LogP contribution is 2.28. The van der Waals surface area contributed by atoms with Crippen LogP contribution >= 0.6 is 11.6 Å². The van der Waals surface area contributed by atoms with Gasteiger partial charge in [-0.1, -0.05) is 23.7 Å². The second-order valence-electron chi connectivity index (χ2n) is 5.15. The van der Waals surface area contributed by atoms with Gasteiger partial charge in [0.05, 0.1) is 12.4 Å². The molecule has 0 saturated carbocycles. The van der Waals surface area contributed by atoms with E-state index < -0.39 is 0 Å². The molecule has 0 spiro atoms. The molecule has 1 fully saturated rings. The zero-order valence-corrected chi connectivity index (χ0v) is 11.8. The van der Waals surface area contributed by atoms with Crippen molar-refractivity contribution in [3.8, 4) is 0 Å². The van der Waals surface area contributed by atoms with Gasteiger partial charge in [0.25, 0.3) is 0 Å². The van der Waals surface area contributed by atoms with Gasteiger partial charge >= 0.3 is 0 Å². The number of aromatic nitrogens is 2. The van der Waals surface area contributed by atoms with Gasteiger partial charge in [-0.3, -0.25) is 0 Å². The third-order valence-corrected chi connectivity index (χ3v) is 4.16. The molecule has 1 aliphatic rings. The minimum atomic E-state index is 0.261. The molecule has 1 aromatic heterocycles. The molecule has 0 amide bonds. The highest BCUT2D eigenvalue weighted by molar-refractivity contribution is 6.30. The number of imidazole rings is 1. The molecule has 3 nitrogen and oxygen atoms in total. The first-order valence-electron chi connectivity index (χ1n) is 6.73. The lowest BCUT2D eigenvalue weighted by Crippen LogP contribution is -2.14. The maximum atomic E-state index is 6.08. The number of rotatable bonds is 3. The summed E-state index contributed by atoms with van der Waals surface area (Å²) < 4.78 is 2.27. The van der Waals surface area contributed by atoms with Crippen molar-refractivity contribution in [2.75, 3.05) is 13.1 Å². The van der Waals surface area contributed by atoms with Gasteiger partial charge in [0.2, 0.25) is 0 Å². The molecule has 2 unspecified atom stereocenters. The normalized spacial score (nSPS) is 20.6. The average Bonchev–Trinajstić information content (AvgIpc) is 3.08. The molecule has 1 aliphatic heterocycles. The van der Waals surface area contributed by atoms with Gasteiger partial charge < -0.3 is 9.88 Å². The number of nitrogens with one attached hydrogen (secondary N) is 1. The minimum absolute atomic E-state index is 0.261. The second kappa shape index (κ2) is 5.35. The van der Waals surface area contributed by atoms with Crippen LogP contribution < -0.4 is 5.32 Å². The van der Waals surface area contributed by atoms with Gasteiger partial charge in [0.15, 0.2) is 0 Å².